The van der Waals surface area contributed by atoms with E-state index in [-0.39, 0.29) is 5.97 Å². The molecule has 6 heteroatoms. The maximum atomic E-state index is 11.0. The molecule has 4 N–H and O–H groups in total. The van der Waals surface area contributed by atoms with Crippen molar-refractivity contribution < 1.29 is 9.53 Å². The second-order valence-electron chi connectivity index (χ2n) is 2.22. The van der Waals surface area contributed by atoms with Gasteiger partial charge < -0.3 is 15.9 Å². The number of nitrogens with two attached hydrogens (primary N) is 1. The molecule has 0 radical (unpaired) electrons. The summed E-state index contributed by atoms with van der Waals surface area (Å²) in [5.74, 6) is 0.0683. The first-order chi connectivity index (χ1) is 6.22. The molecule has 0 rings (SSSR count). The van der Waals surface area contributed by atoms with E-state index < -0.39 is 6.04 Å². The van der Waals surface area contributed by atoms with Gasteiger partial charge in [-0.25, -0.2) is 0 Å². The Morgan fingerprint density at radius 3 is 3.08 bits per heavy atom. The summed E-state index contributed by atoms with van der Waals surface area (Å²) in [4.78, 5) is 11.0. The van der Waals surface area contributed by atoms with Gasteiger partial charge in [-0.15, -0.1) is 0 Å². The van der Waals surface area contributed by atoms with Crippen molar-refractivity contribution in [2.24, 2.45) is 5.73 Å². The van der Waals surface area contributed by atoms with Crippen molar-refractivity contribution in [2.75, 3.05) is 18.9 Å². The number of ether oxygens (including phenoxy) is 1. The Hall–Kier alpha value is -0.590. The molecule has 0 heterocycles. The molecule has 0 bridgehead atoms. The average molecular weight is 205 g/mol. The fraction of sp³-hybridized carbons (Fsp3) is 0.714. The van der Waals surface area contributed by atoms with Gasteiger partial charge in [-0.2, -0.15) is 0 Å². The number of hydrogen-bond donors (Lipinski definition) is 3. The zero-order valence-electron chi connectivity index (χ0n) is 7.58. The maximum Gasteiger partial charge on any atom is 0.323 e. The molecular formula is C7H15N3O2S. The minimum atomic E-state index is -0.594. The molecular weight excluding hydrogens is 190 g/mol. The highest BCUT2D eigenvalue weighted by atomic mass is 32.2. The molecule has 0 unspecified atom stereocenters. The van der Waals surface area contributed by atoms with Crippen molar-refractivity contribution in [1.82, 2.24) is 4.72 Å². The predicted molar refractivity (Wildman–Crippen MR) is 53.9 cm³/mol. The van der Waals surface area contributed by atoms with E-state index in [1.165, 1.54) is 18.2 Å². The second-order valence-corrected chi connectivity index (χ2v) is 3.13. The van der Waals surface area contributed by atoms with Crippen LogP contribution < -0.4 is 10.5 Å². The van der Waals surface area contributed by atoms with Crippen LogP contribution in [0.3, 0.4) is 0 Å². The van der Waals surface area contributed by atoms with E-state index in [1.807, 2.05) is 0 Å². The van der Waals surface area contributed by atoms with Crippen molar-refractivity contribution in [1.29, 1.82) is 5.41 Å². The Bertz CT molecular complexity index is 166. The van der Waals surface area contributed by atoms with Crippen molar-refractivity contribution >= 4 is 24.1 Å². The minimum absolute atomic E-state index is 0.352. The minimum Gasteiger partial charge on any atom is -0.465 e. The lowest BCUT2D eigenvalue weighted by molar-refractivity contribution is -0.144. The highest BCUT2D eigenvalue weighted by Crippen LogP contribution is 1.96. The number of rotatable bonds is 7. The highest BCUT2D eigenvalue weighted by molar-refractivity contribution is 7.97. The number of carbonyl (C=O) groups is 1. The van der Waals surface area contributed by atoms with Crippen LogP contribution >= 0.6 is 11.9 Å². The summed E-state index contributed by atoms with van der Waals surface area (Å²) >= 11 is 1.31. The summed E-state index contributed by atoms with van der Waals surface area (Å²) in [6.07, 6.45) is 1.24. The summed E-state index contributed by atoms with van der Waals surface area (Å²) in [6, 6.07) is -0.594. The summed E-state index contributed by atoms with van der Waals surface area (Å²) in [6.45, 7) is 2.57. The van der Waals surface area contributed by atoms with Gasteiger partial charge in [0.15, 0.2) is 0 Å². The van der Waals surface area contributed by atoms with Crippen molar-refractivity contribution in [2.45, 2.75) is 13.0 Å². The lowest BCUT2D eigenvalue weighted by atomic mass is 10.4. The third-order valence-corrected chi connectivity index (χ3v) is 2.04. The number of esters is 1. The van der Waals surface area contributed by atoms with Crippen LogP contribution in [0.2, 0.25) is 0 Å². The van der Waals surface area contributed by atoms with Crippen LogP contribution in [0.15, 0.2) is 0 Å². The Balaban J connectivity index is 3.43. The van der Waals surface area contributed by atoms with Gasteiger partial charge in [-0.05, 0) is 6.92 Å². The number of hydrogen-bond acceptors (Lipinski definition) is 6. The maximum absolute atomic E-state index is 11.0. The van der Waals surface area contributed by atoms with Gasteiger partial charge in [-0.3, -0.25) is 9.52 Å². The summed E-state index contributed by atoms with van der Waals surface area (Å²) in [7, 11) is 0. The Morgan fingerprint density at radius 1 is 1.85 bits per heavy atom. The van der Waals surface area contributed by atoms with E-state index in [2.05, 4.69) is 4.72 Å². The van der Waals surface area contributed by atoms with E-state index in [4.69, 9.17) is 15.9 Å². The molecule has 1 atom stereocenters. The normalized spacial score (nSPS) is 12.2. The zero-order chi connectivity index (χ0) is 10.1. The molecule has 0 spiro atoms. The molecule has 76 valence electrons. The summed E-state index contributed by atoms with van der Waals surface area (Å²) in [5, 5.41) is 6.72. The molecule has 13 heavy (non-hydrogen) atoms. The molecule has 0 aliphatic heterocycles. The first kappa shape index (κ1) is 12.4. The van der Waals surface area contributed by atoms with Crippen LogP contribution in [-0.4, -0.2) is 37.1 Å². The van der Waals surface area contributed by atoms with Crippen LogP contribution in [0.5, 0.6) is 0 Å². The molecule has 0 amide bonds. The second kappa shape index (κ2) is 8.03. The molecule has 0 aliphatic carbocycles. The van der Waals surface area contributed by atoms with E-state index >= 15 is 0 Å². The summed E-state index contributed by atoms with van der Waals surface area (Å²) in [5.41, 5.74) is 5.49. The molecule has 0 saturated heterocycles. The van der Waals surface area contributed by atoms with Crippen LogP contribution in [0, 0.1) is 5.41 Å². The Morgan fingerprint density at radius 2 is 2.54 bits per heavy atom. The van der Waals surface area contributed by atoms with E-state index in [9.17, 15) is 4.79 Å². The lowest BCUT2D eigenvalue weighted by Gasteiger charge is -2.09. The lowest BCUT2D eigenvalue weighted by Crippen LogP contribution is -2.35. The van der Waals surface area contributed by atoms with Gasteiger partial charge in [0.25, 0.3) is 0 Å². The van der Waals surface area contributed by atoms with E-state index in [1.54, 1.807) is 6.92 Å². The van der Waals surface area contributed by atoms with Crippen LogP contribution in [0.4, 0.5) is 0 Å². The zero-order valence-corrected chi connectivity index (χ0v) is 8.39. The fourth-order valence-corrected chi connectivity index (χ4v) is 1.20. The SMILES string of the molecule is CCOC(=O)[C@@H](N)CSNCC=N. The molecule has 0 saturated carbocycles. The third-order valence-electron chi connectivity index (χ3n) is 1.14. The fourth-order valence-electron chi connectivity index (χ4n) is 0.567. The van der Waals surface area contributed by atoms with Gasteiger partial charge in [0.2, 0.25) is 0 Å². The van der Waals surface area contributed by atoms with Crippen molar-refractivity contribution in [3.63, 3.8) is 0 Å². The monoisotopic (exact) mass is 205 g/mol. The van der Waals surface area contributed by atoms with E-state index in [0.717, 1.165) is 0 Å². The van der Waals surface area contributed by atoms with Crippen molar-refractivity contribution in [3.8, 4) is 0 Å². The molecule has 0 aliphatic rings. The molecule has 0 aromatic heterocycles. The third kappa shape index (κ3) is 6.56. The van der Waals surface area contributed by atoms with Gasteiger partial charge in [0.05, 0.1) is 6.61 Å². The standard InChI is InChI=1S/C7H15N3O2S/c1-2-12-7(11)6(9)5-13-10-4-3-8/h3,6,8,10H,2,4-5,9H2,1H3/t6-/m0/s1. The highest BCUT2D eigenvalue weighted by Gasteiger charge is 2.13. The van der Waals surface area contributed by atoms with Gasteiger partial charge in [0, 0.05) is 18.5 Å². The quantitative estimate of drug-likeness (QED) is 0.231. The molecule has 5 nitrogen and oxygen atoms in total. The van der Waals surface area contributed by atoms with Crippen LogP contribution in [-0.2, 0) is 9.53 Å². The average Bonchev–Trinajstić information content (AvgIpc) is 2.12. The first-order valence-corrected chi connectivity index (χ1v) is 4.96. The number of nitrogens with one attached hydrogen (secondary N) is 2. The van der Waals surface area contributed by atoms with E-state index in [0.29, 0.717) is 18.9 Å². The first-order valence-electron chi connectivity index (χ1n) is 3.98. The topological polar surface area (TPSA) is 88.2 Å². The molecule has 0 aromatic rings. The van der Waals surface area contributed by atoms with Gasteiger partial charge >= 0.3 is 5.97 Å². The Kier molecular flexibility index (Phi) is 7.66. The summed E-state index contributed by atoms with van der Waals surface area (Å²) < 4.78 is 7.56. The van der Waals surface area contributed by atoms with Crippen LogP contribution in [0.25, 0.3) is 0 Å². The van der Waals surface area contributed by atoms with Gasteiger partial charge in [0.1, 0.15) is 6.04 Å². The molecule has 0 aromatic carbocycles. The largest absolute Gasteiger partial charge is 0.465 e. The predicted octanol–water partition coefficient (Wildman–Crippen LogP) is -0.236. The smallest absolute Gasteiger partial charge is 0.323 e. The number of carbonyl (C=O) groups excluding carboxylic acids is 1. The molecule has 0 fully saturated rings. The Labute approximate surface area is 82.0 Å². The van der Waals surface area contributed by atoms with Gasteiger partial charge in [-0.1, -0.05) is 11.9 Å². The van der Waals surface area contributed by atoms with Crippen molar-refractivity contribution in [3.05, 3.63) is 0 Å². The van der Waals surface area contributed by atoms with Crippen LogP contribution in [0.1, 0.15) is 6.92 Å².